The van der Waals surface area contributed by atoms with E-state index in [4.69, 9.17) is 0 Å². The maximum Gasteiger partial charge on any atom is 0.236 e. The fourth-order valence-corrected chi connectivity index (χ4v) is 4.78. The smallest absolute Gasteiger partial charge is 0.236 e. The summed E-state index contributed by atoms with van der Waals surface area (Å²) in [5.74, 6) is 1.81. The Kier molecular flexibility index (Phi) is 5.97. The van der Waals surface area contributed by atoms with Gasteiger partial charge < -0.3 is 9.88 Å². The molecule has 1 saturated carbocycles. The van der Waals surface area contributed by atoms with Gasteiger partial charge in [0.15, 0.2) is 10.3 Å². The summed E-state index contributed by atoms with van der Waals surface area (Å²) in [7, 11) is 0. The number of rotatable bonds is 7. The predicted octanol–water partition coefficient (Wildman–Crippen LogP) is 5.33. The zero-order valence-electron chi connectivity index (χ0n) is 17.8. The lowest BCUT2D eigenvalue weighted by Crippen LogP contribution is -2.14. The molecule has 0 spiro atoms. The minimum atomic E-state index is -0.0809. The molecular weight excluding hydrogens is 414 g/mol. The van der Waals surface area contributed by atoms with E-state index in [2.05, 4.69) is 77.0 Å². The van der Waals surface area contributed by atoms with Gasteiger partial charge in [0.05, 0.1) is 11.4 Å². The van der Waals surface area contributed by atoms with Crippen LogP contribution in [0.3, 0.4) is 0 Å². The fraction of sp³-hybridized carbons (Fsp3) is 0.455. The van der Waals surface area contributed by atoms with Crippen molar-refractivity contribution in [3.05, 3.63) is 41.0 Å². The van der Waals surface area contributed by atoms with Crippen LogP contribution in [0.1, 0.15) is 57.8 Å². The third kappa shape index (κ3) is 4.75. The van der Waals surface area contributed by atoms with Crippen LogP contribution in [0.25, 0.3) is 11.3 Å². The lowest BCUT2D eigenvalue weighted by molar-refractivity contribution is -0.113. The molecule has 1 N–H and O–H groups in total. The Morgan fingerprint density at radius 3 is 2.60 bits per heavy atom. The first-order valence-corrected chi connectivity index (χ1v) is 12.1. The first kappa shape index (κ1) is 21.1. The molecule has 0 aliphatic heterocycles. The van der Waals surface area contributed by atoms with E-state index in [0.717, 1.165) is 28.8 Å². The molecule has 1 aromatic carbocycles. The van der Waals surface area contributed by atoms with E-state index in [1.54, 1.807) is 0 Å². The molecular formula is C22H27N5OS2. The second-order valence-electron chi connectivity index (χ2n) is 8.56. The Hall–Kier alpha value is -2.19. The minimum Gasteiger partial charge on any atom is -0.306 e. The van der Waals surface area contributed by atoms with Crippen LogP contribution in [0.2, 0.25) is 0 Å². The molecule has 0 radical (unpaired) electrons. The van der Waals surface area contributed by atoms with Gasteiger partial charge in [-0.05, 0) is 30.7 Å². The van der Waals surface area contributed by atoms with E-state index in [0.29, 0.717) is 11.0 Å². The van der Waals surface area contributed by atoms with Crippen molar-refractivity contribution in [3.63, 3.8) is 0 Å². The van der Waals surface area contributed by atoms with Crippen molar-refractivity contribution in [3.8, 4) is 11.3 Å². The molecule has 0 unspecified atom stereocenters. The number of nitrogens with one attached hydrogen (secondary N) is 1. The predicted molar refractivity (Wildman–Crippen MR) is 123 cm³/mol. The van der Waals surface area contributed by atoms with Crippen molar-refractivity contribution >= 4 is 34.1 Å². The summed E-state index contributed by atoms with van der Waals surface area (Å²) in [5.41, 5.74) is 3.34. The van der Waals surface area contributed by atoms with Crippen molar-refractivity contribution in [2.45, 2.75) is 63.6 Å². The molecule has 8 heteroatoms. The molecule has 2 aromatic heterocycles. The number of hydrogen-bond donors (Lipinski definition) is 1. The van der Waals surface area contributed by atoms with E-state index < -0.39 is 0 Å². The number of aromatic nitrogens is 4. The average molecular weight is 442 g/mol. The highest BCUT2D eigenvalue weighted by Crippen LogP contribution is 2.40. The molecule has 3 aromatic rings. The van der Waals surface area contributed by atoms with Crippen molar-refractivity contribution in [2.75, 3.05) is 11.1 Å². The number of hydrogen-bond acceptors (Lipinski definition) is 6. The third-order valence-corrected chi connectivity index (χ3v) is 6.86. The molecule has 158 valence electrons. The Labute approximate surface area is 185 Å². The molecule has 1 aliphatic rings. The third-order valence-electron chi connectivity index (χ3n) is 5.13. The average Bonchev–Trinajstić information content (AvgIpc) is 3.31. The van der Waals surface area contributed by atoms with Crippen LogP contribution in [-0.4, -0.2) is 31.4 Å². The second kappa shape index (κ2) is 8.51. The van der Waals surface area contributed by atoms with Crippen LogP contribution in [0, 0.1) is 0 Å². The largest absolute Gasteiger partial charge is 0.306 e. The maximum atomic E-state index is 12.4. The van der Waals surface area contributed by atoms with Gasteiger partial charge in [0, 0.05) is 23.4 Å². The molecule has 1 amide bonds. The van der Waals surface area contributed by atoms with Crippen molar-refractivity contribution in [1.29, 1.82) is 0 Å². The number of amides is 1. The van der Waals surface area contributed by atoms with Crippen LogP contribution in [-0.2, 0) is 16.8 Å². The van der Waals surface area contributed by atoms with Gasteiger partial charge in [-0.2, -0.15) is 0 Å². The number of thioether (sulfide) groups is 1. The van der Waals surface area contributed by atoms with E-state index in [1.165, 1.54) is 41.5 Å². The van der Waals surface area contributed by atoms with E-state index in [9.17, 15) is 4.79 Å². The quantitative estimate of drug-likeness (QED) is 0.502. The molecule has 1 fully saturated rings. The van der Waals surface area contributed by atoms with Crippen LogP contribution >= 0.6 is 23.1 Å². The summed E-state index contributed by atoms with van der Waals surface area (Å²) in [6.45, 7) is 9.52. The minimum absolute atomic E-state index is 0.0809. The van der Waals surface area contributed by atoms with E-state index in [-0.39, 0.29) is 17.1 Å². The SMILES string of the molecule is CCn1c(SCC(=O)Nc2nc(-c3ccc(C(C)(C)C)cc3)cs2)nnc1C1CC1. The summed E-state index contributed by atoms with van der Waals surface area (Å²) in [6, 6.07) is 8.46. The van der Waals surface area contributed by atoms with Crippen LogP contribution in [0.15, 0.2) is 34.8 Å². The summed E-state index contributed by atoms with van der Waals surface area (Å²) in [6.07, 6.45) is 2.38. The molecule has 1 aliphatic carbocycles. The highest BCUT2D eigenvalue weighted by molar-refractivity contribution is 7.99. The topological polar surface area (TPSA) is 72.7 Å². The van der Waals surface area contributed by atoms with E-state index in [1.807, 2.05) is 5.38 Å². The number of nitrogens with zero attached hydrogens (tertiary/aromatic N) is 4. The Bertz CT molecular complexity index is 1030. The molecule has 30 heavy (non-hydrogen) atoms. The first-order chi connectivity index (χ1) is 14.3. The number of anilines is 1. The monoisotopic (exact) mass is 441 g/mol. The van der Waals surface area contributed by atoms with Crippen molar-refractivity contribution in [1.82, 2.24) is 19.7 Å². The normalized spacial score (nSPS) is 14.1. The standard InChI is InChI=1S/C22H27N5OS2/c1-5-27-19(15-6-7-15)25-26-21(27)30-13-18(28)24-20-23-17(12-29-20)14-8-10-16(11-9-14)22(2,3)4/h8-12,15H,5-7,13H2,1-4H3,(H,23,24,28). The summed E-state index contributed by atoms with van der Waals surface area (Å²) in [5, 5.41) is 14.9. The van der Waals surface area contributed by atoms with Crippen molar-refractivity contribution < 1.29 is 4.79 Å². The van der Waals surface area contributed by atoms with Crippen LogP contribution in [0.4, 0.5) is 5.13 Å². The lowest BCUT2D eigenvalue weighted by atomic mass is 9.86. The number of thiazole rings is 1. The highest BCUT2D eigenvalue weighted by Gasteiger charge is 2.30. The van der Waals surface area contributed by atoms with E-state index >= 15 is 0 Å². The Balaban J connectivity index is 1.35. The zero-order chi connectivity index (χ0) is 21.3. The summed E-state index contributed by atoms with van der Waals surface area (Å²) in [4.78, 5) is 17.0. The van der Waals surface area contributed by atoms with Gasteiger partial charge in [-0.25, -0.2) is 4.98 Å². The Morgan fingerprint density at radius 1 is 1.23 bits per heavy atom. The van der Waals surface area contributed by atoms with Gasteiger partial charge in [0.25, 0.3) is 0 Å². The van der Waals surface area contributed by atoms with Crippen LogP contribution in [0.5, 0.6) is 0 Å². The lowest BCUT2D eigenvalue weighted by Gasteiger charge is -2.18. The second-order valence-corrected chi connectivity index (χ2v) is 10.4. The van der Waals surface area contributed by atoms with Gasteiger partial charge in [0.1, 0.15) is 5.82 Å². The fourth-order valence-electron chi connectivity index (χ4n) is 3.24. The van der Waals surface area contributed by atoms with Gasteiger partial charge in [-0.3, -0.25) is 4.79 Å². The van der Waals surface area contributed by atoms with Crippen molar-refractivity contribution in [2.24, 2.45) is 0 Å². The summed E-state index contributed by atoms with van der Waals surface area (Å²) >= 11 is 2.87. The molecule has 0 atom stereocenters. The number of benzene rings is 1. The van der Waals surface area contributed by atoms with Gasteiger partial charge >= 0.3 is 0 Å². The molecule has 0 saturated heterocycles. The van der Waals surface area contributed by atoms with Crippen LogP contribution < -0.4 is 5.32 Å². The molecule has 0 bridgehead atoms. The highest BCUT2D eigenvalue weighted by atomic mass is 32.2. The number of carbonyl (C=O) groups is 1. The molecule has 2 heterocycles. The molecule has 4 rings (SSSR count). The first-order valence-electron chi connectivity index (χ1n) is 10.3. The summed E-state index contributed by atoms with van der Waals surface area (Å²) < 4.78 is 2.12. The maximum absolute atomic E-state index is 12.4. The Morgan fingerprint density at radius 2 is 1.97 bits per heavy atom. The zero-order valence-corrected chi connectivity index (χ0v) is 19.4. The molecule has 6 nitrogen and oxygen atoms in total. The number of carbonyl (C=O) groups excluding carboxylic acids is 1. The van der Waals surface area contributed by atoms with Gasteiger partial charge in [-0.1, -0.05) is 56.8 Å². The van der Waals surface area contributed by atoms with Gasteiger partial charge in [0.2, 0.25) is 5.91 Å². The van der Waals surface area contributed by atoms with Gasteiger partial charge in [-0.15, -0.1) is 21.5 Å².